The molecule has 0 aromatic heterocycles. The summed E-state index contributed by atoms with van der Waals surface area (Å²) in [6.07, 6.45) is 1.16. The summed E-state index contributed by atoms with van der Waals surface area (Å²) in [5.41, 5.74) is 2.67. The zero-order valence-electron chi connectivity index (χ0n) is 16.5. The van der Waals surface area contributed by atoms with E-state index in [1.54, 1.807) is 4.90 Å². The van der Waals surface area contributed by atoms with Crippen LogP contribution in [0.5, 0.6) is 5.75 Å². The Morgan fingerprint density at radius 2 is 1.74 bits per heavy atom. The quantitative estimate of drug-likeness (QED) is 0.750. The Hall–Kier alpha value is -2.82. The van der Waals surface area contributed by atoms with Crippen molar-refractivity contribution in [3.63, 3.8) is 0 Å². The fraction of sp³-hybridized carbons (Fsp3) is 0.364. The molecule has 0 radical (unpaired) electrons. The van der Waals surface area contributed by atoms with Gasteiger partial charge in [0.15, 0.2) is 0 Å². The molecular formula is C22H28N2O3. The van der Waals surface area contributed by atoms with Crippen molar-refractivity contribution in [3.8, 4) is 5.75 Å². The molecule has 27 heavy (non-hydrogen) atoms. The molecule has 2 aromatic carbocycles. The largest absolute Gasteiger partial charge is 0.491 e. The van der Waals surface area contributed by atoms with Gasteiger partial charge in [-0.15, -0.1) is 0 Å². The van der Waals surface area contributed by atoms with Gasteiger partial charge in [0.2, 0.25) is 11.8 Å². The van der Waals surface area contributed by atoms with Gasteiger partial charge >= 0.3 is 0 Å². The number of anilines is 2. The number of hydrogen-bond acceptors (Lipinski definition) is 3. The average molecular weight is 368 g/mol. The Morgan fingerprint density at radius 1 is 1.07 bits per heavy atom. The molecule has 1 N–H and O–H groups in total. The van der Waals surface area contributed by atoms with Crippen molar-refractivity contribution in [3.05, 3.63) is 54.1 Å². The van der Waals surface area contributed by atoms with Crippen molar-refractivity contribution >= 4 is 23.2 Å². The first kappa shape index (κ1) is 20.5. The van der Waals surface area contributed by atoms with Crippen molar-refractivity contribution in [2.45, 2.75) is 46.6 Å². The third-order valence-corrected chi connectivity index (χ3v) is 4.12. The first-order valence-corrected chi connectivity index (χ1v) is 9.33. The second-order valence-corrected chi connectivity index (χ2v) is 6.64. The van der Waals surface area contributed by atoms with Crippen LogP contribution in [0.2, 0.25) is 0 Å². The lowest BCUT2D eigenvalue weighted by Crippen LogP contribution is -2.32. The molecule has 2 aromatic rings. The number of benzene rings is 2. The maximum Gasteiger partial charge on any atom is 0.226 e. The predicted octanol–water partition coefficient (Wildman–Crippen LogP) is 4.42. The standard InChI is InChI=1S/C22H28N2O3/c1-5-18-8-6-7-9-21(18)24(17(4)25)15-14-22(26)23-19-10-12-20(13-11-19)27-16(2)3/h6-13,16H,5,14-15H2,1-4H3,(H,23,26). The van der Waals surface area contributed by atoms with Crippen LogP contribution < -0.4 is 15.0 Å². The highest BCUT2D eigenvalue weighted by Gasteiger charge is 2.16. The molecular weight excluding hydrogens is 340 g/mol. The maximum absolute atomic E-state index is 12.3. The number of aryl methyl sites for hydroxylation is 1. The summed E-state index contributed by atoms with van der Waals surface area (Å²) in [6.45, 7) is 7.85. The topological polar surface area (TPSA) is 58.6 Å². The van der Waals surface area contributed by atoms with Crippen molar-refractivity contribution in [1.29, 1.82) is 0 Å². The van der Waals surface area contributed by atoms with Gasteiger partial charge in [-0.2, -0.15) is 0 Å². The van der Waals surface area contributed by atoms with Gasteiger partial charge in [-0.05, 0) is 56.2 Å². The molecule has 0 fully saturated rings. The summed E-state index contributed by atoms with van der Waals surface area (Å²) >= 11 is 0. The summed E-state index contributed by atoms with van der Waals surface area (Å²) in [4.78, 5) is 26.1. The van der Waals surface area contributed by atoms with Gasteiger partial charge < -0.3 is 15.0 Å². The van der Waals surface area contributed by atoms with Gasteiger partial charge in [-0.3, -0.25) is 9.59 Å². The number of nitrogens with zero attached hydrogens (tertiary/aromatic N) is 1. The van der Waals surface area contributed by atoms with Crippen molar-refractivity contribution < 1.29 is 14.3 Å². The van der Waals surface area contributed by atoms with Gasteiger partial charge in [0.1, 0.15) is 5.75 Å². The molecule has 0 aliphatic heterocycles. The molecule has 5 nitrogen and oxygen atoms in total. The molecule has 0 atom stereocenters. The molecule has 0 unspecified atom stereocenters. The van der Waals surface area contributed by atoms with Crippen molar-refractivity contribution in [1.82, 2.24) is 0 Å². The normalized spacial score (nSPS) is 10.6. The Kier molecular flexibility index (Phi) is 7.41. The van der Waals surface area contributed by atoms with Crippen LogP contribution >= 0.6 is 0 Å². The zero-order chi connectivity index (χ0) is 19.8. The second kappa shape index (κ2) is 9.76. The lowest BCUT2D eigenvalue weighted by molar-refractivity contribution is -0.117. The van der Waals surface area contributed by atoms with E-state index in [0.717, 1.165) is 23.4 Å². The minimum atomic E-state index is -0.132. The van der Waals surface area contributed by atoms with Crippen LogP contribution in [0, 0.1) is 0 Å². The monoisotopic (exact) mass is 368 g/mol. The van der Waals surface area contributed by atoms with Crippen LogP contribution in [0.4, 0.5) is 11.4 Å². The molecule has 0 saturated heterocycles. The molecule has 2 rings (SSSR count). The first-order valence-electron chi connectivity index (χ1n) is 9.33. The molecule has 0 heterocycles. The number of ether oxygens (including phenoxy) is 1. The second-order valence-electron chi connectivity index (χ2n) is 6.64. The molecule has 0 bridgehead atoms. The van der Waals surface area contributed by atoms with E-state index in [9.17, 15) is 9.59 Å². The van der Waals surface area contributed by atoms with E-state index in [1.165, 1.54) is 6.92 Å². The van der Waals surface area contributed by atoms with Crippen LogP contribution in [0.15, 0.2) is 48.5 Å². The molecule has 5 heteroatoms. The molecule has 144 valence electrons. The van der Waals surface area contributed by atoms with E-state index in [1.807, 2.05) is 62.4 Å². The number of carbonyl (C=O) groups is 2. The van der Waals surface area contributed by atoms with Crippen LogP contribution in [-0.2, 0) is 16.0 Å². The van der Waals surface area contributed by atoms with Gasteiger partial charge in [0.05, 0.1) is 6.10 Å². The number of hydrogen-bond donors (Lipinski definition) is 1. The highest BCUT2D eigenvalue weighted by Crippen LogP contribution is 2.22. The lowest BCUT2D eigenvalue weighted by atomic mass is 10.1. The van der Waals surface area contributed by atoms with E-state index in [4.69, 9.17) is 4.74 Å². The fourth-order valence-corrected chi connectivity index (χ4v) is 2.85. The highest BCUT2D eigenvalue weighted by atomic mass is 16.5. The molecule has 0 saturated carbocycles. The summed E-state index contributed by atoms with van der Waals surface area (Å²) in [7, 11) is 0. The van der Waals surface area contributed by atoms with Crippen molar-refractivity contribution in [2.75, 3.05) is 16.8 Å². The zero-order valence-corrected chi connectivity index (χ0v) is 16.5. The smallest absolute Gasteiger partial charge is 0.226 e. The Labute approximate surface area is 161 Å². The Bertz CT molecular complexity index is 769. The van der Waals surface area contributed by atoms with Crippen LogP contribution in [-0.4, -0.2) is 24.5 Å². The van der Waals surface area contributed by atoms with Gasteiger partial charge in [0, 0.05) is 31.3 Å². The van der Waals surface area contributed by atoms with Crippen molar-refractivity contribution in [2.24, 2.45) is 0 Å². The Balaban J connectivity index is 1.97. The first-order chi connectivity index (χ1) is 12.9. The van der Waals surface area contributed by atoms with Crippen LogP contribution in [0.25, 0.3) is 0 Å². The third kappa shape index (κ3) is 6.13. The van der Waals surface area contributed by atoms with E-state index in [2.05, 4.69) is 12.2 Å². The molecule has 0 aliphatic carbocycles. The highest BCUT2D eigenvalue weighted by molar-refractivity contribution is 5.95. The summed E-state index contributed by atoms with van der Waals surface area (Å²) in [5, 5.41) is 2.86. The van der Waals surface area contributed by atoms with E-state index < -0.39 is 0 Å². The molecule has 0 spiro atoms. The van der Waals surface area contributed by atoms with Gasteiger partial charge in [-0.1, -0.05) is 25.1 Å². The fourth-order valence-electron chi connectivity index (χ4n) is 2.85. The SMILES string of the molecule is CCc1ccccc1N(CCC(=O)Nc1ccc(OC(C)C)cc1)C(C)=O. The van der Waals surface area contributed by atoms with E-state index in [0.29, 0.717) is 12.2 Å². The van der Waals surface area contributed by atoms with E-state index in [-0.39, 0.29) is 24.3 Å². The Morgan fingerprint density at radius 3 is 2.33 bits per heavy atom. The van der Waals surface area contributed by atoms with Crippen LogP contribution in [0.3, 0.4) is 0 Å². The lowest BCUT2D eigenvalue weighted by Gasteiger charge is -2.23. The minimum absolute atomic E-state index is 0.0705. The van der Waals surface area contributed by atoms with Crippen LogP contribution in [0.1, 0.15) is 39.7 Å². The third-order valence-electron chi connectivity index (χ3n) is 4.12. The summed E-state index contributed by atoms with van der Waals surface area (Å²) < 4.78 is 5.59. The van der Waals surface area contributed by atoms with E-state index >= 15 is 0 Å². The maximum atomic E-state index is 12.3. The number of rotatable bonds is 8. The number of amides is 2. The summed E-state index contributed by atoms with van der Waals surface area (Å²) in [6, 6.07) is 15.1. The average Bonchev–Trinajstić information content (AvgIpc) is 2.63. The number of carbonyl (C=O) groups excluding carboxylic acids is 2. The van der Waals surface area contributed by atoms with Gasteiger partial charge in [0.25, 0.3) is 0 Å². The molecule has 2 amide bonds. The minimum Gasteiger partial charge on any atom is -0.491 e. The predicted molar refractivity (Wildman–Crippen MR) is 109 cm³/mol. The molecule has 0 aliphatic rings. The number of nitrogens with one attached hydrogen (secondary N) is 1. The number of para-hydroxylation sites is 1. The summed E-state index contributed by atoms with van der Waals surface area (Å²) in [5.74, 6) is 0.563. The van der Waals surface area contributed by atoms with Gasteiger partial charge in [-0.25, -0.2) is 0 Å².